The highest BCUT2D eigenvalue weighted by Crippen LogP contribution is 2.28. The van der Waals surface area contributed by atoms with Crippen molar-refractivity contribution in [3.63, 3.8) is 0 Å². The lowest BCUT2D eigenvalue weighted by atomic mass is 10.2. The molecule has 0 amide bonds. The van der Waals surface area contributed by atoms with Gasteiger partial charge in [0.2, 0.25) is 0 Å². The van der Waals surface area contributed by atoms with E-state index in [2.05, 4.69) is 10.1 Å². The van der Waals surface area contributed by atoms with Gasteiger partial charge in [0.15, 0.2) is 17.3 Å². The molecule has 0 radical (unpaired) electrons. The Morgan fingerprint density at radius 3 is 2.38 bits per heavy atom. The second kappa shape index (κ2) is 8.52. The molecular formula is C17H19N3O4. The molecule has 0 aliphatic carbocycles. The third-order valence-electron chi connectivity index (χ3n) is 2.98. The maximum Gasteiger partial charge on any atom is 0.365 e. The largest absolute Gasteiger partial charge is 0.490 e. The van der Waals surface area contributed by atoms with Gasteiger partial charge in [0, 0.05) is 18.0 Å². The van der Waals surface area contributed by atoms with Crippen molar-refractivity contribution in [2.75, 3.05) is 13.2 Å². The molecule has 2 N–H and O–H groups in total. The van der Waals surface area contributed by atoms with Crippen LogP contribution in [-0.2, 0) is 4.84 Å². The van der Waals surface area contributed by atoms with Crippen LogP contribution in [0.2, 0.25) is 0 Å². The van der Waals surface area contributed by atoms with Crippen molar-refractivity contribution in [3.8, 4) is 11.5 Å². The minimum Gasteiger partial charge on any atom is -0.490 e. The molecule has 0 saturated heterocycles. The number of carbonyl (C=O) groups excluding carboxylic acids is 1. The number of aromatic nitrogens is 1. The zero-order valence-electron chi connectivity index (χ0n) is 13.6. The Morgan fingerprint density at radius 1 is 1.04 bits per heavy atom. The van der Waals surface area contributed by atoms with Gasteiger partial charge >= 0.3 is 5.97 Å². The molecule has 2 rings (SSSR count). The van der Waals surface area contributed by atoms with E-state index >= 15 is 0 Å². The standard InChI is InChI=1S/C17H19N3O4/c1-3-22-14-6-5-13(11-15(14)23-4-2)17(21)24-20-16(18)12-7-9-19-10-8-12/h5-11H,3-4H2,1-2H3,(H2,18,20). The van der Waals surface area contributed by atoms with Gasteiger partial charge in [0.25, 0.3) is 0 Å². The molecule has 1 aromatic heterocycles. The van der Waals surface area contributed by atoms with E-state index < -0.39 is 5.97 Å². The normalized spacial score (nSPS) is 11.0. The van der Waals surface area contributed by atoms with Crippen molar-refractivity contribution >= 4 is 11.8 Å². The topological polar surface area (TPSA) is 96.0 Å². The molecule has 1 aromatic carbocycles. The van der Waals surface area contributed by atoms with Gasteiger partial charge in [-0.2, -0.15) is 0 Å². The number of amidine groups is 1. The van der Waals surface area contributed by atoms with Crippen molar-refractivity contribution < 1.29 is 19.1 Å². The molecule has 0 aliphatic heterocycles. The summed E-state index contributed by atoms with van der Waals surface area (Å²) in [7, 11) is 0. The number of pyridine rings is 1. The molecule has 0 bridgehead atoms. The van der Waals surface area contributed by atoms with Crippen LogP contribution in [0.4, 0.5) is 0 Å². The Morgan fingerprint density at radius 2 is 1.71 bits per heavy atom. The average Bonchev–Trinajstić information content (AvgIpc) is 2.62. The molecule has 126 valence electrons. The van der Waals surface area contributed by atoms with Crippen LogP contribution in [0.15, 0.2) is 47.9 Å². The van der Waals surface area contributed by atoms with Crippen LogP contribution in [0, 0.1) is 0 Å². The maximum atomic E-state index is 12.1. The van der Waals surface area contributed by atoms with Crippen LogP contribution in [-0.4, -0.2) is 30.0 Å². The molecular weight excluding hydrogens is 310 g/mol. The van der Waals surface area contributed by atoms with Crippen molar-refractivity contribution in [2.45, 2.75) is 13.8 Å². The number of oxime groups is 1. The number of hydrogen-bond donors (Lipinski definition) is 1. The second-order valence-electron chi connectivity index (χ2n) is 4.62. The van der Waals surface area contributed by atoms with Crippen LogP contribution < -0.4 is 15.2 Å². The lowest BCUT2D eigenvalue weighted by Gasteiger charge is -2.11. The Labute approximate surface area is 140 Å². The predicted molar refractivity (Wildman–Crippen MR) is 89.2 cm³/mol. The summed E-state index contributed by atoms with van der Waals surface area (Å²) in [5, 5.41) is 3.65. The molecule has 0 aliphatic rings. The van der Waals surface area contributed by atoms with Crippen molar-refractivity contribution in [2.24, 2.45) is 10.9 Å². The van der Waals surface area contributed by atoms with E-state index in [1.54, 1.807) is 42.7 Å². The van der Waals surface area contributed by atoms with E-state index in [0.29, 0.717) is 30.3 Å². The first-order valence-corrected chi connectivity index (χ1v) is 7.50. The first-order valence-electron chi connectivity index (χ1n) is 7.50. The van der Waals surface area contributed by atoms with E-state index in [0.717, 1.165) is 0 Å². The van der Waals surface area contributed by atoms with Gasteiger partial charge in [-0.15, -0.1) is 0 Å². The average molecular weight is 329 g/mol. The Hall–Kier alpha value is -3.09. The lowest BCUT2D eigenvalue weighted by molar-refractivity contribution is 0.0515. The molecule has 24 heavy (non-hydrogen) atoms. The minimum absolute atomic E-state index is 0.0849. The van der Waals surface area contributed by atoms with Gasteiger partial charge in [-0.1, -0.05) is 5.16 Å². The van der Waals surface area contributed by atoms with E-state index in [-0.39, 0.29) is 11.4 Å². The van der Waals surface area contributed by atoms with Crippen LogP contribution in [0.25, 0.3) is 0 Å². The van der Waals surface area contributed by atoms with Gasteiger partial charge in [0.05, 0.1) is 18.8 Å². The summed E-state index contributed by atoms with van der Waals surface area (Å²) in [5.41, 5.74) is 6.66. The van der Waals surface area contributed by atoms with Crippen LogP contribution in [0.5, 0.6) is 11.5 Å². The molecule has 0 spiro atoms. The summed E-state index contributed by atoms with van der Waals surface area (Å²) in [6.07, 6.45) is 3.14. The maximum absolute atomic E-state index is 12.1. The summed E-state index contributed by atoms with van der Waals surface area (Å²) in [6, 6.07) is 8.11. The van der Waals surface area contributed by atoms with E-state index in [9.17, 15) is 4.79 Å². The molecule has 0 atom stereocenters. The number of ether oxygens (including phenoxy) is 2. The van der Waals surface area contributed by atoms with Gasteiger partial charge in [-0.05, 0) is 44.2 Å². The molecule has 0 fully saturated rings. The SMILES string of the molecule is CCOc1ccc(C(=O)ON=C(N)c2ccncc2)cc1OCC. The van der Waals surface area contributed by atoms with Crippen LogP contribution in [0.3, 0.4) is 0 Å². The van der Waals surface area contributed by atoms with Gasteiger partial charge in [-0.25, -0.2) is 4.79 Å². The Bertz CT molecular complexity index is 717. The fourth-order valence-electron chi connectivity index (χ4n) is 1.90. The molecule has 0 unspecified atom stereocenters. The quantitative estimate of drug-likeness (QED) is 0.362. The zero-order valence-corrected chi connectivity index (χ0v) is 13.6. The van der Waals surface area contributed by atoms with Crippen molar-refractivity contribution in [1.29, 1.82) is 0 Å². The fraction of sp³-hybridized carbons (Fsp3) is 0.235. The van der Waals surface area contributed by atoms with Crippen molar-refractivity contribution in [3.05, 3.63) is 53.9 Å². The summed E-state index contributed by atoms with van der Waals surface area (Å²) in [6.45, 7) is 4.66. The molecule has 1 heterocycles. The monoisotopic (exact) mass is 329 g/mol. The van der Waals surface area contributed by atoms with Crippen LogP contribution >= 0.6 is 0 Å². The summed E-state index contributed by atoms with van der Waals surface area (Å²) < 4.78 is 10.9. The third-order valence-corrected chi connectivity index (χ3v) is 2.98. The van der Waals surface area contributed by atoms with Crippen molar-refractivity contribution in [1.82, 2.24) is 4.98 Å². The van der Waals surface area contributed by atoms with Gasteiger partial charge in [-0.3, -0.25) is 4.98 Å². The molecule has 7 nitrogen and oxygen atoms in total. The van der Waals surface area contributed by atoms with E-state index in [1.807, 2.05) is 13.8 Å². The number of nitrogens with two attached hydrogens (primary N) is 1. The number of rotatable bonds is 7. The third kappa shape index (κ3) is 4.45. The number of hydrogen-bond acceptors (Lipinski definition) is 6. The first-order chi connectivity index (χ1) is 11.7. The van der Waals surface area contributed by atoms with Gasteiger partial charge < -0.3 is 20.0 Å². The smallest absolute Gasteiger partial charge is 0.365 e. The second-order valence-corrected chi connectivity index (χ2v) is 4.62. The highest BCUT2D eigenvalue weighted by atomic mass is 16.7. The summed E-state index contributed by atoms with van der Waals surface area (Å²) in [5.74, 6) is 0.480. The summed E-state index contributed by atoms with van der Waals surface area (Å²) in [4.78, 5) is 20.9. The summed E-state index contributed by atoms with van der Waals surface area (Å²) >= 11 is 0. The Kier molecular flexibility index (Phi) is 6.13. The highest BCUT2D eigenvalue weighted by Gasteiger charge is 2.13. The number of carbonyl (C=O) groups is 1. The minimum atomic E-state index is -0.643. The fourth-order valence-corrected chi connectivity index (χ4v) is 1.90. The Balaban J connectivity index is 2.13. The number of nitrogens with zero attached hydrogens (tertiary/aromatic N) is 2. The van der Waals surface area contributed by atoms with E-state index in [4.69, 9.17) is 20.0 Å². The lowest BCUT2D eigenvalue weighted by Crippen LogP contribution is -2.15. The van der Waals surface area contributed by atoms with E-state index in [1.165, 1.54) is 0 Å². The number of benzene rings is 1. The highest BCUT2D eigenvalue weighted by molar-refractivity contribution is 5.98. The van der Waals surface area contributed by atoms with Gasteiger partial charge in [0.1, 0.15) is 0 Å². The molecule has 7 heteroatoms. The van der Waals surface area contributed by atoms with Crippen LogP contribution in [0.1, 0.15) is 29.8 Å². The molecule has 2 aromatic rings. The first kappa shape index (κ1) is 17.3. The zero-order chi connectivity index (χ0) is 17.4. The molecule has 0 saturated carbocycles. The predicted octanol–water partition coefficient (Wildman–Crippen LogP) is 2.36.